The summed E-state index contributed by atoms with van der Waals surface area (Å²) in [4.78, 5) is 0. The Kier molecular flexibility index (Phi) is 2.84. The molecule has 0 radical (unpaired) electrons. The quantitative estimate of drug-likeness (QED) is 0.737. The Hall–Kier alpha value is -0.870. The van der Waals surface area contributed by atoms with Crippen molar-refractivity contribution in [3.63, 3.8) is 0 Å². The summed E-state index contributed by atoms with van der Waals surface area (Å²) in [7, 11) is 0. The van der Waals surface area contributed by atoms with E-state index in [4.69, 9.17) is 5.73 Å². The van der Waals surface area contributed by atoms with Gasteiger partial charge in [-0.05, 0) is 37.8 Å². The molecule has 0 spiro atoms. The summed E-state index contributed by atoms with van der Waals surface area (Å²) in [6.45, 7) is 0.652. The van der Waals surface area contributed by atoms with E-state index in [1.165, 1.54) is 0 Å². The zero-order valence-electron chi connectivity index (χ0n) is 8.26. The molecule has 1 saturated carbocycles. The maximum atomic E-state index is 9.70. The van der Waals surface area contributed by atoms with Crippen LogP contribution in [0.3, 0.4) is 0 Å². The third-order valence-corrected chi connectivity index (χ3v) is 2.87. The molecule has 2 atom stereocenters. The predicted molar refractivity (Wildman–Crippen MR) is 53.9 cm³/mol. The smallest absolute Gasteiger partial charge is 0.0778 e. The van der Waals surface area contributed by atoms with Crippen molar-refractivity contribution in [3.05, 3.63) is 18.0 Å². The first-order valence-corrected chi connectivity index (χ1v) is 5.22. The van der Waals surface area contributed by atoms with Crippen LogP contribution in [0.25, 0.3) is 0 Å². The molecule has 4 heteroatoms. The van der Waals surface area contributed by atoms with Gasteiger partial charge in [0, 0.05) is 6.20 Å². The number of aromatic nitrogens is 2. The van der Waals surface area contributed by atoms with Gasteiger partial charge in [-0.15, -0.1) is 0 Å². The third-order valence-electron chi connectivity index (χ3n) is 2.87. The van der Waals surface area contributed by atoms with Gasteiger partial charge in [0.25, 0.3) is 0 Å². The van der Waals surface area contributed by atoms with E-state index in [2.05, 4.69) is 5.10 Å². The van der Waals surface area contributed by atoms with E-state index in [1.807, 2.05) is 17.1 Å². The van der Waals surface area contributed by atoms with Gasteiger partial charge in [0.2, 0.25) is 0 Å². The largest absolute Gasteiger partial charge is 0.391 e. The number of aliphatic hydroxyl groups excluding tert-OH is 1. The number of rotatable bonds is 3. The highest BCUT2D eigenvalue weighted by atomic mass is 16.3. The molecule has 1 aliphatic rings. The van der Waals surface area contributed by atoms with Crippen LogP contribution in [0.1, 0.15) is 30.9 Å². The van der Waals surface area contributed by atoms with Crippen LogP contribution in [-0.2, 0) is 6.42 Å². The van der Waals surface area contributed by atoms with E-state index >= 15 is 0 Å². The van der Waals surface area contributed by atoms with E-state index in [-0.39, 0.29) is 12.1 Å². The Morgan fingerprint density at radius 3 is 3.07 bits per heavy atom. The lowest BCUT2D eigenvalue weighted by Gasteiger charge is -2.14. The maximum absolute atomic E-state index is 9.70. The SMILES string of the molecule is NCCc1cnn(C2CCCC2O)c1. The first-order valence-electron chi connectivity index (χ1n) is 5.22. The zero-order valence-corrected chi connectivity index (χ0v) is 8.26. The predicted octanol–water partition coefficient (Wildman–Crippen LogP) is 0.470. The van der Waals surface area contributed by atoms with Crippen molar-refractivity contribution >= 4 is 0 Å². The number of aliphatic hydroxyl groups is 1. The molecular weight excluding hydrogens is 178 g/mol. The van der Waals surface area contributed by atoms with Crippen LogP contribution in [-0.4, -0.2) is 27.5 Å². The van der Waals surface area contributed by atoms with Crippen LogP contribution in [0.5, 0.6) is 0 Å². The summed E-state index contributed by atoms with van der Waals surface area (Å²) < 4.78 is 1.89. The lowest BCUT2D eigenvalue weighted by Crippen LogP contribution is -2.18. The van der Waals surface area contributed by atoms with Gasteiger partial charge in [-0.1, -0.05) is 0 Å². The Morgan fingerprint density at radius 1 is 1.57 bits per heavy atom. The summed E-state index contributed by atoms with van der Waals surface area (Å²) in [6.07, 6.45) is 7.52. The van der Waals surface area contributed by atoms with Gasteiger partial charge in [0.15, 0.2) is 0 Å². The fourth-order valence-electron chi connectivity index (χ4n) is 2.08. The summed E-state index contributed by atoms with van der Waals surface area (Å²) >= 11 is 0. The van der Waals surface area contributed by atoms with Gasteiger partial charge in [-0.2, -0.15) is 5.10 Å². The van der Waals surface area contributed by atoms with Crippen molar-refractivity contribution in [1.29, 1.82) is 0 Å². The monoisotopic (exact) mass is 195 g/mol. The molecule has 0 bridgehead atoms. The van der Waals surface area contributed by atoms with Crippen LogP contribution in [0.2, 0.25) is 0 Å². The highest BCUT2D eigenvalue weighted by molar-refractivity contribution is 5.05. The average Bonchev–Trinajstić information content (AvgIpc) is 2.74. The van der Waals surface area contributed by atoms with Crippen LogP contribution >= 0.6 is 0 Å². The molecular formula is C10H17N3O. The van der Waals surface area contributed by atoms with Crippen LogP contribution in [0.15, 0.2) is 12.4 Å². The fraction of sp³-hybridized carbons (Fsp3) is 0.700. The van der Waals surface area contributed by atoms with Gasteiger partial charge < -0.3 is 10.8 Å². The highest BCUT2D eigenvalue weighted by Gasteiger charge is 2.27. The first kappa shape index (κ1) is 9.68. The molecule has 3 N–H and O–H groups in total. The number of nitrogens with two attached hydrogens (primary N) is 1. The molecule has 0 saturated heterocycles. The Balaban J connectivity index is 2.08. The summed E-state index contributed by atoms with van der Waals surface area (Å²) in [5.41, 5.74) is 6.62. The van der Waals surface area contributed by atoms with Gasteiger partial charge in [0.05, 0.1) is 18.3 Å². The molecule has 2 rings (SSSR count). The number of hydrogen-bond donors (Lipinski definition) is 2. The topological polar surface area (TPSA) is 64.1 Å². The molecule has 0 amide bonds. The Bertz CT molecular complexity index is 297. The Labute approximate surface area is 83.7 Å². The van der Waals surface area contributed by atoms with E-state index in [9.17, 15) is 5.11 Å². The molecule has 4 nitrogen and oxygen atoms in total. The number of hydrogen-bond acceptors (Lipinski definition) is 3. The van der Waals surface area contributed by atoms with Crippen molar-refractivity contribution in [1.82, 2.24) is 9.78 Å². The molecule has 0 aromatic carbocycles. The minimum atomic E-state index is -0.222. The minimum Gasteiger partial charge on any atom is -0.391 e. The van der Waals surface area contributed by atoms with E-state index in [1.54, 1.807) is 0 Å². The second-order valence-electron chi connectivity index (χ2n) is 3.93. The van der Waals surface area contributed by atoms with Crippen LogP contribution < -0.4 is 5.73 Å². The molecule has 1 heterocycles. The van der Waals surface area contributed by atoms with E-state index in [0.717, 1.165) is 31.2 Å². The molecule has 78 valence electrons. The standard InChI is InChI=1S/C10H17N3O/c11-5-4-8-6-12-13(7-8)9-2-1-3-10(9)14/h6-7,9-10,14H,1-5,11H2. The third kappa shape index (κ3) is 1.81. The van der Waals surface area contributed by atoms with Crippen molar-refractivity contribution in [2.75, 3.05) is 6.54 Å². The Morgan fingerprint density at radius 2 is 2.43 bits per heavy atom. The second kappa shape index (κ2) is 4.11. The second-order valence-corrected chi connectivity index (χ2v) is 3.93. The van der Waals surface area contributed by atoms with E-state index < -0.39 is 0 Å². The van der Waals surface area contributed by atoms with Gasteiger partial charge in [0.1, 0.15) is 0 Å². The van der Waals surface area contributed by atoms with Crippen molar-refractivity contribution < 1.29 is 5.11 Å². The molecule has 1 fully saturated rings. The zero-order chi connectivity index (χ0) is 9.97. The first-order chi connectivity index (χ1) is 6.81. The fourth-order valence-corrected chi connectivity index (χ4v) is 2.08. The maximum Gasteiger partial charge on any atom is 0.0778 e. The lowest BCUT2D eigenvalue weighted by atomic mass is 10.2. The molecule has 1 aromatic rings. The van der Waals surface area contributed by atoms with Gasteiger partial charge in [-0.25, -0.2) is 0 Å². The molecule has 0 aliphatic heterocycles. The number of nitrogens with zero attached hydrogens (tertiary/aromatic N) is 2. The molecule has 1 aromatic heterocycles. The van der Waals surface area contributed by atoms with E-state index in [0.29, 0.717) is 6.54 Å². The molecule has 1 aliphatic carbocycles. The summed E-state index contributed by atoms with van der Waals surface area (Å²) in [6, 6.07) is 0.182. The molecule has 14 heavy (non-hydrogen) atoms. The van der Waals surface area contributed by atoms with Crippen LogP contribution in [0.4, 0.5) is 0 Å². The highest BCUT2D eigenvalue weighted by Crippen LogP contribution is 2.29. The summed E-state index contributed by atoms with van der Waals surface area (Å²) in [5, 5.41) is 14.0. The van der Waals surface area contributed by atoms with Gasteiger partial charge in [-0.3, -0.25) is 4.68 Å². The van der Waals surface area contributed by atoms with Crippen molar-refractivity contribution in [3.8, 4) is 0 Å². The molecule has 2 unspecified atom stereocenters. The van der Waals surface area contributed by atoms with Crippen molar-refractivity contribution in [2.45, 2.75) is 37.8 Å². The normalized spacial score (nSPS) is 27.0. The van der Waals surface area contributed by atoms with Crippen LogP contribution in [0, 0.1) is 0 Å². The summed E-state index contributed by atoms with van der Waals surface area (Å²) in [5.74, 6) is 0. The lowest BCUT2D eigenvalue weighted by molar-refractivity contribution is 0.130. The van der Waals surface area contributed by atoms with Gasteiger partial charge >= 0.3 is 0 Å². The van der Waals surface area contributed by atoms with Crippen molar-refractivity contribution in [2.24, 2.45) is 5.73 Å². The minimum absolute atomic E-state index is 0.182. The average molecular weight is 195 g/mol.